The molecule has 5 rings (SSSR count). The fourth-order valence-electron chi connectivity index (χ4n) is 4.00. The maximum Gasteiger partial charge on any atom is 0.274 e. The molecule has 0 aliphatic carbocycles. The maximum absolute atomic E-state index is 13.8. The van der Waals surface area contributed by atoms with E-state index in [2.05, 4.69) is 15.2 Å². The summed E-state index contributed by atoms with van der Waals surface area (Å²) in [6.45, 7) is 1.50. The van der Waals surface area contributed by atoms with Gasteiger partial charge in [-0.2, -0.15) is 13.1 Å². The van der Waals surface area contributed by atoms with Crippen LogP contribution in [-0.4, -0.2) is 32.0 Å². The smallest absolute Gasteiger partial charge is 0.274 e. The molecule has 13 heteroatoms. The zero-order chi connectivity index (χ0) is 26.9. The van der Waals surface area contributed by atoms with Gasteiger partial charge in [-0.05, 0) is 35.7 Å². The Balaban J connectivity index is 1.57. The van der Waals surface area contributed by atoms with E-state index < -0.39 is 25.3 Å². The highest BCUT2D eigenvalue weighted by atomic mass is 32.2. The summed E-state index contributed by atoms with van der Waals surface area (Å²) in [5, 5.41) is 11.7. The number of benzene rings is 3. The van der Waals surface area contributed by atoms with E-state index in [-0.39, 0.29) is 29.1 Å². The van der Waals surface area contributed by atoms with Crippen LogP contribution >= 0.6 is 11.3 Å². The monoisotopic (exact) mass is 569 g/mol. The first-order valence-corrected chi connectivity index (χ1v) is 15.5. The number of thiazole rings is 1. The zero-order valence-corrected chi connectivity index (χ0v) is 22.6. The van der Waals surface area contributed by atoms with E-state index in [0.29, 0.717) is 11.1 Å². The molecule has 0 aliphatic rings. The number of nitrogens with one attached hydrogen (secondary N) is 1. The van der Waals surface area contributed by atoms with E-state index in [1.165, 1.54) is 11.3 Å². The second kappa shape index (κ2) is 10.3. The van der Waals surface area contributed by atoms with Crippen molar-refractivity contribution < 1.29 is 21.3 Å². The topological polar surface area (TPSA) is 158 Å². The van der Waals surface area contributed by atoms with E-state index >= 15 is 0 Å². The van der Waals surface area contributed by atoms with E-state index in [1.54, 1.807) is 18.2 Å². The predicted molar refractivity (Wildman–Crippen MR) is 145 cm³/mol. The van der Waals surface area contributed by atoms with Gasteiger partial charge < -0.3 is 4.42 Å². The summed E-state index contributed by atoms with van der Waals surface area (Å²) in [5.41, 5.74) is 4.17. The van der Waals surface area contributed by atoms with Crippen LogP contribution < -0.4 is 9.86 Å². The third-order valence-corrected chi connectivity index (χ3v) is 9.33. The Kier molecular flexibility index (Phi) is 7.11. The highest BCUT2D eigenvalue weighted by Gasteiger charge is 2.37. The van der Waals surface area contributed by atoms with E-state index in [0.717, 1.165) is 21.4 Å². The summed E-state index contributed by atoms with van der Waals surface area (Å²) >= 11 is 1.23. The van der Waals surface area contributed by atoms with Crippen molar-refractivity contribution in [1.29, 1.82) is 0 Å². The van der Waals surface area contributed by atoms with Crippen LogP contribution in [-0.2, 0) is 32.3 Å². The average Bonchev–Trinajstić information content (AvgIpc) is 3.49. The van der Waals surface area contributed by atoms with Crippen molar-refractivity contribution in [2.45, 2.75) is 24.5 Å². The van der Waals surface area contributed by atoms with Crippen LogP contribution in [0.1, 0.15) is 33.2 Å². The van der Waals surface area contributed by atoms with Crippen LogP contribution in [0.5, 0.6) is 0 Å². The molecule has 0 saturated carbocycles. The van der Waals surface area contributed by atoms with Crippen LogP contribution in [0, 0.1) is 6.92 Å². The lowest BCUT2D eigenvalue weighted by atomic mass is 10.1. The third-order valence-electron chi connectivity index (χ3n) is 5.68. The quantitative estimate of drug-likeness (QED) is 0.272. The van der Waals surface area contributed by atoms with Crippen molar-refractivity contribution in [3.63, 3.8) is 0 Å². The molecule has 0 amide bonds. The predicted octanol–water partition coefficient (Wildman–Crippen LogP) is 3.65. The minimum Gasteiger partial charge on any atom is -0.422 e. The molecule has 3 aromatic carbocycles. The molecule has 2 heterocycles. The second-order valence-electron chi connectivity index (χ2n) is 8.68. The highest BCUT2D eigenvalue weighted by molar-refractivity contribution is 7.91. The number of aromatic nitrogens is 3. The number of nitrogens with two attached hydrogens (primary N) is 1. The Morgan fingerprint density at radius 3 is 2.47 bits per heavy atom. The van der Waals surface area contributed by atoms with Gasteiger partial charge in [-0.15, -0.1) is 21.5 Å². The number of hydrogen-bond acceptors (Lipinski definition) is 9. The van der Waals surface area contributed by atoms with Gasteiger partial charge in [-0.1, -0.05) is 66.2 Å². The Morgan fingerprint density at radius 1 is 0.947 bits per heavy atom. The Morgan fingerprint density at radius 2 is 1.74 bits per heavy atom. The minimum absolute atomic E-state index is 0.128. The van der Waals surface area contributed by atoms with Gasteiger partial charge >= 0.3 is 0 Å². The molecule has 5 aromatic rings. The summed E-state index contributed by atoms with van der Waals surface area (Å²) in [4.78, 5) is 4.62. The molecule has 0 spiro atoms. The number of rotatable bonds is 9. The molecular weight excluding hydrogens is 547 g/mol. The SMILES string of the molecule is Cc1cccc(CS(=O)(=O)C(c2nnc(CNS(N)(=O)=O)o2)c2nc3ccc(-c4ccccc4)cc3s2)c1. The molecule has 38 heavy (non-hydrogen) atoms. The summed E-state index contributed by atoms with van der Waals surface area (Å²) in [6, 6.07) is 22.8. The van der Waals surface area contributed by atoms with Crippen LogP contribution in [0.2, 0.25) is 0 Å². The Labute approximate surface area is 223 Å². The maximum atomic E-state index is 13.8. The first-order chi connectivity index (χ1) is 18.1. The number of hydrogen-bond donors (Lipinski definition) is 2. The molecule has 196 valence electrons. The van der Waals surface area contributed by atoms with Crippen LogP contribution in [0.3, 0.4) is 0 Å². The van der Waals surface area contributed by atoms with Crippen LogP contribution in [0.4, 0.5) is 0 Å². The molecular formula is C25H23N5O5S3. The van der Waals surface area contributed by atoms with Gasteiger partial charge in [0, 0.05) is 0 Å². The largest absolute Gasteiger partial charge is 0.422 e. The van der Waals surface area contributed by atoms with Crippen LogP contribution in [0.25, 0.3) is 21.3 Å². The molecule has 10 nitrogen and oxygen atoms in total. The molecule has 2 aromatic heterocycles. The molecule has 1 atom stereocenters. The van der Waals surface area contributed by atoms with Gasteiger partial charge in [0.15, 0.2) is 15.1 Å². The fraction of sp³-hybridized carbons (Fsp3) is 0.160. The van der Waals surface area contributed by atoms with Gasteiger partial charge in [0.25, 0.3) is 10.2 Å². The summed E-state index contributed by atoms with van der Waals surface area (Å²) in [6.07, 6.45) is 0. The molecule has 0 bridgehead atoms. The number of nitrogens with zero attached hydrogens (tertiary/aromatic N) is 3. The van der Waals surface area contributed by atoms with E-state index in [1.807, 2.05) is 66.2 Å². The van der Waals surface area contributed by atoms with Gasteiger partial charge in [0.1, 0.15) is 5.01 Å². The van der Waals surface area contributed by atoms with Crippen molar-refractivity contribution in [2.24, 2.45) is 5.14 Å². The van der Waals surface area contributed by atoms with Gasteiger partial charge in [-0.25, -0.2) is 18.5 Å². The third kappa shape index (κ3) is 5.97. The van der Waals surface area contributed by atoms with Gasteiger partial charge in [0.2, 0.25) is 11.8 Å². The second-order valence-corrected chi connectivity index (χ2v) is 13.2. The van der Waals surface area contributed by atoms with Crippen molar-refractivity contribution in [3.8, 4) is 11.1 Å². The summed E-state index contributed by atoms with van der Waals surface area (Å²) in [7, 11) is -7.96. The Bertz CT molecular complexity index is 1820. The van der Waals surface area contributed by atoms with Crippen molar-refractivity contribution in [1.82, 2.24) is 19.9 Å². The van der Waals surface area contributed by atoms with Gasteiger partial charge in [-0.3, -0.25) is 0 Å². The molecule has 0 aliphatic heterocycles. The normalized spacial score (nSPS) is 13.1. The number of fused-ring (bicyclic) bond motifs is 1. The van der Waals surface area contributed by atoms with E-state index in [9.17, 15) is 16.8 Å². The average molecular weight is 570 g/mol. The summed E-state index contributed by atoms with van der Waals surface area (Å²) < 4.78 is 58.6. The van der Waals surface area contributed by atoms with Crippen molar-refractivity contribution in [3.05, 3.63) is 101 Å². The summed E-state index contributed by atoms with van der Waals surface area (Å²) in [5.74, 6) is -0.610. The van der Waals surface area contributed by atoms with Crippen molar-refractivity contribution in [2.75, 3.05) is 0 Å². The lowest BCUT2D eigenvalue weighted by molar-refractivity contribution is 0.443. The first-order valence-electron chi connectivity index (χ1n) is 11.4. The number of aryl methyl sites for hydroxylation is 1. The fourth-order valence-corrected chi connectivity index (χ4v) is 7.46. The lowest BCUT2D eigenvalue weighted by Gasteiger charge is -2.12. The molecule has 0 saturated heterocycles. The standard InChI is InChI=1S/C25H23N5O5S3/c1-16-6-5-7-17(12-16)15-37(31,32)23(24-30-29-22(35-24)14-27-38(26,33)34)25-28-20-11-10-19(13-21(20)36-25)18-8-3-2-4-9-18/h2-13,23,27H,14-15H2,1H3,(H2,26,33,34). The van der Waals surface area contributed by atoms with Crippen molar-refractivity contribution >= 4 is 41.6 Å². The highest BCUT2D eigenvalue weighted by Crippen LogP contribution is 2.38. The zero-order valence-electron chi connectivity index (χ0n) is 20.1. The molecule has 0 fully saturated rings. The minimum atomic E-state index is -4.01. The van der Waals surface area contributed by atoms with Gasteiger partial charge in [0.05, 0.1) is 22.5 Å². The Hall–Kier alpha value is -3.49. The molecule has 3 N–H and O–H groups in total. The molecule has 1 unspecified atom stereocenters. The lowest BCUT2D eigenvalue weighted by Crippen LogP contribution is -2.30. The molecule has 0 radical (unpaired) electrons. The first kappa shape index (κ1) is 26.1. The van der Waals surface area contributed by atoms with E-state index in [4.69, 9.17) is 9.56 Å². The van der Waals surface area contributed by atoms with Crippen LogP contribution in [0.15, 0.2) is 77.2 Å². The number of sulfone groups is 1.